The summed E-state index contributed by atoms with van der Waals surface area (Å²) < 4.78 is 59.6. The second-order valence-corrected chi connectivity index (χ2v) is 11.7. The Hall–Kier alpha value is -3.83. The molecule has 0 saturated heterocycles. The van der Waals surface area contributed by atoms with Crippen molar-refractivity contribution in [1.82, 2.24) is 20.3 Å². The van der Waals surface area contributed by atoms with Crippen molar-refractivity contribution in [2.45, 2.75) is 48.7 Å². The van der Waals surface area contributed by atoms with Gasteiger partial charge in [-0.3, -0.25) is 14.8 Å². The SMILES string of the molecule is O=C(NCc1cc2nc(-c3cccc(C4CC4)n3)ccc2cn1)c1cc(F)c2c(c1)S(=O)(=O)[C@@H](F)CCOC2. The Morgan fingerprint density at radius 3 is 2.69 bits per heavy atom. The van der Waals surface area contributed by atoms with E-state index in [1.54, 1.807) is 12.3 Å². The minimum atomic E-state index is -4.47. The first-order valence-electron chi connectivity index (χ1n) is 12.6. The largest absolute Gasteiger partial charge is 0.376 e. The second-order valence-electron chi connectivity index (χ2n) is 9.70. The topological polar surface area (TPSA) is 111 Å². The number of pyridine rings is 3. The number of nitrogens with zero attached hydrogens (tertiary/aromatic N) is 3. The van der Waals surface area contributed by atoms with Crippen LogP contribution in [0.1, 0.15) is 52.5 Å². The van der Waals surface area contributed by atoms with E-state index in [-0.39, 0.29) is 37.3 Å². The van der Waals surface area contributed by atoms with E-state index in [0.717, 1.165) is 47.4 Å². The summed E-state index contributed by atoms with van der Waals surface area (Å²) in [5, 5.41) is 3.43. The molecule has 2 aliphatic rings. The minimum Gasteiger partial charge on any atom is -0.376 e. The molecule has 4 heterocycles. The molecule has 0 radical (unpaired) electrons. The Balaban J connectivity index is 1.23. The maximum Gasteiger partial charge on any atom is 0.251 e. The fraction of sp³-hybridized carbons (Fsp3) is 0.286. The van der Waals surface area contributed by atoms with Crippen LogP contribution in [0.2, 0.25) is 0 Å². The van der Waals surface area contributed by atoms with E-state index < -0.39 is 32.0 Å². The van der Waals surface area contributed by atoms with Crippen molar-refractivity contribution in [2.75, 3.05) is 6.61 Å². The molecule has 8 nitrogen and oxygen atoms in total. The molecule has 1 atom stereocenters. The van der Waals surface area contributed by atoms with E-state index in [2.05, 4.69) is 10.3 Å². The van der Waals surface area contributed by atoms with Gasteiger partial charge in [0.05, 0.1) is 47.3 Å². The Kier molecular flexibility index (Phi) is 6.56. The predicted octanol–water partition coefficient (Wildman–Crippen LogP) is 4.63. The minimum absolute atomic E-state index is 0.0175. The van der Waals surface area contributed by atoms with Gasteiger partial charge in [0, 0.05) is 40.7 Å². The lowest BCUT2D eigenvalue weighted by molar-refractivity contribution is 0.0946. The lowest BCUT2D eigenvalue weighted by atomic mass is 10.1. The van der Waals surface area contributed by atoms with Crippen LogP contribution in [0.25, 0.3) is 22.3 Å². The average molecular weight is 551 g/mol. The quantitative estimate of drug-likeness (QED) is 0.386. The summed E-state index contributed by atoms with van der Waals surface area (Å²) >= 11 is 0. The molecule has 0 bridgehead atoms. The van der Waals surface area contributed by atoms with Gasteiger partial charge in [0.15, 0.2) is 0 Å². The first-order valence-corrected chi connectivity index (χ1v) is 14.1. The van der Waals surface area contributed by atoms with Crippen LogP contribution in [-0.4, -0.2) is 41.4 Å². The maximum atomic E-state index is 14.8. The molecule has 4 aromatic rings. The zero-order valence-electron chi connectivity index (χ0n) is 20.7. The summed E-state index contributed by atoms with van der Waals surface area (Å²) in [7, 11) is -4.47. The van der Waals surface area contributed by atoms with Gasteiger partial charge < -0.3 is 10.1 Å². The molecule has 1 N–H and O–H groups in total. The summed E-state index contributed by atoms with van der Waals surface area (Å²) in [6.07, 6.45) is 3.58. The van der Waals surface area contributed by atoms with E-state index in [4.69, 9.17) is 14.7 Å². The second kappa shape index (κ2) is 10.0. The number of halogens is 2. The molecular formula is C28H24F2N4O4S. The van der Waals surface area contributed by atoms with Gasteiger partial charge >= 0.3 is 0 Å². The van der Waals surface area contributed by atoms with Crippen molar-refractivity contribution in [3.63, 3.8) is 0 Å². The molecule has 11 heteroatoms. The standard InChI is InChI=1S/C28H24F2N4O4S/c29-21-10-18(11-26-20(21)15-38-9-8-27(30)39(26,36)37)28(35)32-14-19-12-25-17(13-31-19)6-7-24(34-25)23-3-1-2-22(33-23)16-4-5-16/h1-3,6-7,10-13,16,27H,4-5,8-9,14-15H2,(H,32,35)/t27-/m1/s1. The highest BCUT2D eigenvalue weighted by atomic mass is 32.2. The molecule has 39 heavy (non-hydrogen) atoms. The normalized spacial score (nSPS) is 18.7. The number of benzene rings is 1. The monoisotopic (exact) mass is 550 g/mol. The molecule has 6 rings (SSSR count). The smallest absolute Gasteiger partial charge is 0.251 e. The van der Waals surface area contributed by atoms with Crippen LogP contribution in [0.3, 0.4) is 0 Å². The van der Waals surface area contributed by atoms with Gasteiger partial charge in [0.2, 0.25) is 15.3 Å². The lowest BCUT2D eigenvalue weighted by Crippen LogP contribution is -2.26. The number of alkyl halides is 1. The molecule has 0 spiro atoms. The third-order valence-corrected chi connectivity index (χ3v) is 8.77. The first kappa shape index (κ1) is 25.4. The van der Waals surface area contributed by atoms with Crippen molar-refractivity contribution in [1.29, 1.82) is 0 Å². The molecule has 1 aromatic carbocycles. The Labute approximate surface area is 223 Å². The molecule has 1 aliphatic heterocycles. The van der Waals surface area contributed by atoms with Gasteiger partial charge in [-0.05, 0) is 55.3 Å². The molecule has 1 fully saturated rings. The lowest BCUT2D eigenvalue weighted by Gasteiger charge is -2.19. The third-order valence-electron chi connectivity index (χ3n) is 6.88. The molecule has 1 amide bonds. The van der Waals surface area contributed by atoms with Gasteiger partial charge in [-0.2, -0.15) is 0 Å². The molecule has 3 aromatic heterocycles. The number of carbonyl (C=O) groups is 1. The first-order chi connectivity index (χ1) is 18.8. The molecule has 0 unspecified atom stereocenters. The third kappa shape index (κ3) is 5.11. The van der Waals surface area contributed by atoms with Crippen LogP contribution < -0.4 is 5.32 Å². The van der Waals surface area contributed by atoms with Crippen molar-refractivity contribution in [3.8, 4) is 11.4 Å². The number of hydrogen-bond donors (Lipinski definition) is 1. The van der Waals surface area contributed by atoms with Gasteiger partial charge in [0.25, 0.3) is 5.91 Å². The number of carbonyl (C=O) groups excluding carboxylic acids is 1. The van der Waals surface area contributed by atoms with Crippen LogP contribution >= 0.6 is 0 Å². The number of nitrogens with one attached hydrogen (secondary N) is 1. The highest BCUT2D eigenvalue weighted by Crippen LogP contribution is 2.39. The summed E-state index contributed by atoms with van der Waals surface area (Å²) in [4.78, 5) is 26.1. The number of hydrogen-bond acceptors (Lipinski definition) is 7. The van der Waals surface area contributed by atoms with Crippen LogP contribution in [0, 0.1) is 5.82 Å². The van der Waals surface area contributed by atoms with Gasteiger partial charge in [0.1, 0.15) is 5.82 Å². The van der Waals surface area contributed by atoms with Gasteiger partial charge in [-0.15, -0.1) is 0 Å². The van der Waals surface area contributed by atoms with Crippen LogP contribution in [0.15, 0.2) is 59.6 Å². The summed E-state index contributed by atoms with van der Waals surface area (Å²) in [6, 6.07) is 13.4. The molecule has 1 saturated carbocycles. The highest BCUT2D eigenvalue weighted by Gasteiger charge is 2.33. The van der Waals surface area contributed by atoms with E-state index in [9.17, 15) is 22.0 Å². The van der Waals surface area contributed by atoms with Crippen LogP contribution in [-0.2, 0) is 27.7 Å². The fourth-order valence-corrected chi connectivity index (χ4v) is 6.02. The highest BCUT2D eigenvalue weighted by molar-refractivity contribution is 7.92. The maximum absolute atomic E-state index is 14.8. The Morgan fingerprint density at radius 1 is 1.05 bits per heavy atom. The summed E-state index contributed by atoms with van der Waals surface area (Å²) in [5.41, 5.74) is 0.951. The Morgan fingerprint density at radius 2 is 1.87 bits per heavy atom. The number of sulfone groups is 1. The van der Waals surface area contributed by atoms with Crippen molar-refractivity contribution in [3.05, 3.63) is 83.1 Å². The predicted molar refractivity (Wildman–Crippen MR) is 139 cm³/mol. The van der Waals surface area contributed by atoms with Crippen molar-refractivity contribution >= 4 is 26.6 Å². The van der Waals surface area contributed by atoms with E-state index in [0.29, 0.717) is 17.1 Å². The summed E-state index contributed by atoms with van der Waals surface area (Å²) in [6.45, 7) is -0.498. The van der Waals surface area contributed by atoms with Crippen molar-refractivity contribution < 1.29 is 26.7 Å². The number of ether oxygens (including phenoxy) is 1. The van der Waals surface area contributed by atoms with E-state index in [1.165, 1.54) is 0 Å². The van der Waals surface area contributed by atoms with E-state index in [1.807, 2.05) is 30.3 Å². The number of amides is 1. The van der Waals surface area contributed by atoms with Crippen LogP contribution in [0.5, 0.6) is 0 Å². The number of aromatic nitrogens is 3. The zero-order valence-corrected chi connectivity index (χ0v) is 21.5. The summed E-state index contributed by atoms with van der Waals surface area (Å²) in [5.74, 6) is -1.15. The van der Waals surface area contributed by atoms with Crippen molar-refractivity contribution in [2.24, 2.45) is 0 Å². The number of fused-ring (bicyclic) bond motifs is 2. The Bertz CT molecular complexity index is 1710. The average Bonchev–Trinajstić information content (AvgIpc) is 3.79. The zero-order chi connectivity index (χ0) is 27.1. The molecule has 1 aliphatic carbocycles. The van der Waals surface area contributed by atoms with Crippen LogP contribution in [0.4, 0.5) is 8.78 Å². The van der Waals surface area contributed by atoms with E-state index >= 15 is 0 Å². The molecular weight excluding hydrogens is 526 g/mol. The number of rotatable bonds is 5. The van der Waals surface area contributed by atoms with Gasteiger partial charge in [-0.25, -0.2) is 22.2 Å². The molecule has 200 valence electrons. The fourth-order valence-electron chi connectivity index (χ4n) is 4.55. The van der Waals surface area contributed by atoms with Gasteiger partial charge in [-0.1, -0.05) is 6.07 Å².